The molecule has 0 heteroatoms. The number of aryl methyl sites for hydroxylation is 1. The Balaban J connectivity index is 2.60. The molecular formula is C14H20. The van der Waals surface area contributed by atoms with Gasteiger partial charge in [0.05, 0.1) is 0 Å². The van der Waals surface area contributed by atoms with Gasteiger partial charge in [0, 0.05) is 0 Å². The van der Waals surface area contributed by atoms with Crippen molar-refractivity contribution >= 4 is 0 Å². The molecular weight excluding hydrogens is 168 g/mol. The fourth-order valence-corrected chi connectivity index (χ4v) is 2.71. The zero-order valence-electron chi connectivity index (χ0n) is 9.72. The van der Waals surface area contributed by atoms with Gasteiger partial charge in [-0.05, 0) is 53.9 Å². The lowest BCUT2D eigenvalue weighted by atomic mass is 9.89. The predicted octanol–water partition coefficient (Wildman–Crippen LogP) is 4.17. The van der Waals surface area contributed by atoms with E-state index in [1.54, 1.807) is 16.7 Å². The summed E-state index contributed by atoms with van der Waals surface area (Å²) in [7, 11) is 0. The second-order valence-electron chi connectivity index (χ2n) is 4.96. The Morgan fingerprint density at radius 1 is 1.29 bits per heavy atom. The maximum Gasteiger partial charge on any atom is -0.0182 e. The number of fused-ring (bicyclic) bond motifs is 1. The molecule has 14 heavy (non-hydrogen) atoms. The van der Waals surface area contributed by atoms with Crippen molar-refractivity contribution in [3.63, 3.8) is 0 Å². The van der Waals surface area contributed by atoms with Crippen LogP contribution in [0.3, 0.4) is 0 Å². The molecule has 1 atom stereocenters. The van der Waals surface area contributed by atoms with Crippen LogP contribution in [0.2, 0.25) is 0 Å². The Hall–Kier alpha value is -0.780. The van der Waals surface area contributed by atoms with Gasteiger partial charge in [0.2, 0.25) is 0 Å². The van der Waals surface area contributed by atoms with Crippen LogP contribution in [0.1, 0.15) is 61.3 Å². The molecule has 0 N–H and O–H groups in total. The van der Waals surface area contributed by atoms with Crippen LogP contribution in [0.15, 0.2) is 12.1 Å². The summed E-state index contributed by atoms with van der Waals surface area (Å²) >= 11 is 0. The van der Waals surface area contributed by atoms with E-state index in [-0.39, 0.29) is 0 Å². The molecule has 0 amide bonds. The van der Waals surface area contributed by atoms with Gasteiger partial charge in [-0.25, -0.2) is 0 Å². The van der Waals surface area contributed by atoms with Crippen LogP contribution in [0, 0.1) is 6.92 Å². The van der Waals surface area contributed by atoms with Crippen LogP contribution in [0.25, 0.3) is 0 Å². The third kappa shape index (κ3) is 1.37. The molecule has 0 saturated carbocycles. The Labute approximate surface area is 87.3 Å². The number of hydrogen-bond donors (Lipinski definition) is 0. The number of hydrogen-bond acceptors (Lipinski definition) is 0. The quantitative estimate of drug-likeness (QED) is 0.620. The third-order valence-electron chi connectivity index (χ3n) is 3.57. The van der Waals surface area contributed by atoms with Gasteiger partial charge in [0.25, 0.3) is 0 Å². The Kier molecular flexibility index (Phi) is 2.38. The Morgan fingerprint density at radius 3 is 2.64 bits per heavy atom. The second-order valence-corrected chi connectivity index (χ2v) is 4.96. The first-order chi connectivity index (χ1) is 6.61. The first-order valence-corrected chi connectivity index (χ1v) is 5.73. The van der Waals surface area contributed by atoms with Crippen molar-refractivity contribution in [2.24, 2.45) is 0 Å². The SMILES string of the molecule is Cc1ccc(C(C)C)c2c1CCC2C. The van der Waals surface area contributed by atoms with Gasteiger partial charge in [-0.2, -0.15) is 0 Å². The summed E-state index contributed by atoms with van der Waals surface area (Å²) in [5.74, 6) is 1.45. The van der Waals surface area contributed by atoms with E-state index in [0.29, 0.717) is 5.92 Å². The van der Waals surface area contributed by atoms with Crippen LogP contribution in [-0.4, -0.2) is 0 Å². The fourth-order valence-electron chi connectivity index (χ4n) is 2.71. The minimum atomic E-state index is 0.671. The van der Waals surface area contributed by atoms with Gasteiger partial charge in [0.15, 0.2) is 0 Å². The van der Waals surface area contributed by atoms with Crippen molar-refractivity contribution in [1.82, 2.24) is 0 Å². The van der Waals surface area contributed by atoms with Crippen LogP contribution in [0.5, 0.6) is 0 Å². The van der Waals surface area contributed by atoms with Crippen LogP contribution in [-0.2, 0) is 6.42 Å². The summed E-state index contributed by atoms with van der Waals surface area (Å²) in [6.07, 6.45) is 2.64. The smallest absolute Gasteiger partial charge is 0.0182 e. The van der Waals surface area contributed by atoms with E-state index in [0.717, 1.165) is 5.92 Å². The number of benzene rings is 1. The van der Waals surface area contributed by atoms with Gasteiger partial charge < -0.3 is 0 Å². The van der Waals surface area contributed by atoms with E-state index in [2.05, 4.69) is 39.8 Å². The lowest BCUT2D eigenvalue weighted by Gasteiger charge is -2.16. The summed E-state index contributed by atoms with van der Waals surface area (Å²) in [6, 6.07) is 4.63. The van der Waals surface area contributed by atoms with Crippen LogP contribution < -0.4 is 0 Å². The first-order valence-electron chi connectivity index (χ1n) is 5.73. The van der Waals surface area contributed by atoms with Gasteiger partial charge >= 0.3 is 0 Å². The molecule has 1 unspecified atom stereocenters. The number of rotatable bonds is 1. The van der Waals surface area contributed by atoms with Crippen LogP contribution in [0.4, 0.5) is 0 Å². The molecule has 0 spiro atoms. The molecule has 0 aliphatic heterocycles. The third-order valence-corrected chi connectivity index (χ3v) is 3.57. The minimum absolute atomic E-state index is 0.671. The van der Waals surface area contributed by atoms with Gasteiger partial charge in [0.1, 0.15) is 0 Å². The molecule has 76 valence electrons. The predicted molar refractivity (Wildman–Crippen MR) is 62.0 cm³/mol. The average Bonchev–Trinajstić information content (AvgIpc) is 2.50. The summed E-state index contributed by atoms with van der Waals surface area (Å²) in [5.41, 5.74) is 6.38. The Bertz CT molecular complexity index is 347. The van der Waals surface area contributed by atoms with Crippen LogP contribution >= 0.6 is 0 Å². The summed E-state index contributed by atoms with van der Waals surface area (Å²) < 4.78 is 0. The molecule has 1 aromatic rings. The second kappa shape index (κ2) is 3.42. The van der Waals surface area contributed by atoms with E-state index in [1.165, 1.54) is 18.4 Å². The molecule has 0 fully saturated rings. The standard InChI is InChI=1S/C14H20/c1-9(2)12-7-5-10(3)13-8-6-11(4)14(12)13/h5,7,9,11H,6,8H2,1-4H3. The van der Waals surface area contributed by atoms with Gasteiger partial charge in [-0.3, -0.25) is 0 Å². The molecule has 0 nitrogen and oxygen atoms in total. The van der Waals surface area contributed by atoms with Gasteiger partial charge in [-0.15, -0.1) is 0 Å². The van der Waals surface area contributed by atoms with Gasteiger partial charge in [-0.1, -0.05) is 32.9 Å². The van der Waals surface area contributed by atoms with E-state index >= 15 is 0 Å². The average molecular weight is 188 g/mol. The normalized spacial score (nSPS) is 20.2. The van der Waals surface area contributed by atoms with Crippen molar-refractivity contribution in [2.75, 3.05) is 0 Å². The topological polar surface area (TPSA) is 0 Å². The highest BCUT2D eigenvalue weighted by Crippen LogP contribution is 2.39. The molecule has 1 aliphatic rings. The largest absolute Gasteiger partial charge is 0.0587 e. The highest BCUT2D eigenvalue weighted by Gasteiger charge is 2.23. The molecule has 0 aromatic heterocycles. The Morgan fingerprint density at radius 2 is 2.00 bits per heavy atom. The lowest BCUT2D eigenvalue weighted by Crippen LogP contribution is -1.99. The molecule has 0 heterocycles. The maximum atomic E-state index is 2.37. The molecule has 0 saturated heterocycles. The van der Waals surface area contributed by atoms with Crippen molar-refractivity contribution in [3.05, 3.63) is 34.4 Å². The summed E-state index contributed by atoms with van der Waals surface area (Å²) in [6.45, 7) is 9.23. The molecule has 1 aromatic carbocycles. The lowest BCUT2D eigenvalue weighted by molar-refractivity contribution is 0.729. The summed E-state index contributed by atoms with van der Waals surface area (Å²) in [4.78, 5) is 0. The van der Waals surface area contributed by atoms with Crippen molar-refractivity contribution < 1.29 is 0 Å². The zero-order valence-corrected chi connectivity index (χ0v) is 9.72. The first kappa shape index (κ1) is 9.76. The van der Waals surface area contributed by atoms with E-state index in [9.17, 15) is 0 Å². The summed E-state index contributed by atoms with van der Waals surface area (Å²) in [5, 5.41) is 0. The highest BCUT2D eigenvalue weighted by atomic mass is 14.3. The minimum Gasteiger partial charge on any atom is -0.0587 e. The maximum absolute atomic E-state index is 2.37. The molecule has 0 bridgehead atoms. The highest BCUT2D eigenvalue weighted by molar-refractivity contribution is 5.46. The molecule has 1 aliphatic carbocycles. The zero-order chi connectivity index (χ0) is 10.3. The molecule has 2 rings (SSSR count). The van der Waals surface area contributed by atoms with Crippen molar-refractivity contribution in [3.8, 4) is 0 Å². The van der Waals surface area contributed by atoms with E-state index in [4.69, 9.17) is 0 Å². The van der Waals surface area contributed by atoms with Crippen molar-refractivity contribution in [1.29, 1.82) is 0 Å². The van der Waals surface area contributed by atoms with E-state index in [1.807, 2.05) is 0 Å². The molecule has 0 radical (unpaired) electrons. The monoisotopic (exact) mass is 188 g/mol. The fraction of sp³-hybridized carbons (Fsp3) is 0.571. The van der Waals surface area contributed by atoms with E-state index < -0.39 is 0 Å². The van der Waals surface area contributed by atoms with Crippen molar-refractivity contribution in [2.45, 2.75) is 52.4 Å².